The monoisotopic (exact) mass is 281 g/mol. The first-order valence-corrected chi connectivity index (χ1v) is 8.20. The molecule has 3 aliphatic rings. The normalized spacial score (nSPS) is 31.9. The van der Waals surface area contributed by atoms with Gasteiger partial charge in [0.1, 0.15) is 0 Å². The van der Waals surface area contributed by atoms with Crippen LogP contribution >= 0.6 is 0 Å². The number of carbonyl (C=O) groups is 1. The van der Waals surface area contributed by atoms with E-state index in [2.05, 4.69) is 30.7 Å². The second-order valence-electron chi connectivity index (χ2n) is 6.96. The number of carbonyl (C=O) groups excluding carboxylic acids is 1. The minimum Gasteiger partial charge on any atom is -0.345 e. The van der Waals surface area contributed by atoms with Crippen LogP contribution in [0.4, 0.5) is 0 Å². The van der Waals surface area contributed by atoms with Crippen LogP contribution in [0.5, 0.6) is 0 Å². The fourth-order valence-corrected chi connectivity index (χ4v) is 3.59. The molecule has 3 fully saturated rings. The van der Waals surface area contributed by atoms with Crippen molar-refractivity contribution in [1.29, 1.82) is 0 Å². The van der Waals surface area contributed by atoms with E-state index in [1.54, 1.807) is 0 Å². The van der Waals surface area contributed by atoms with Crippen molar-refractivity contribution in [3.8, 4) is 0 Å². The summed E-state index contributed by atoms with van der Waals surface area (Å²) in [6.45, 7) is 11.6. The molecule has 0 aromatic rings. The van der Waals surface area contributed by atoms with Gasteiger partial charge < -0.3 is 14.7 Å². The minimum absolute atomic E-state index is 0.454. The molecule has 1 amide bonds. The lowest BCUT2D eigenvalue weighted by Gasteiger charge is -2.35. The van der Waals surface area contributed by atoms with Crippen molar-refractivity contribution < 1.29 is 4.79 Å². The van der Waals surface area contributed by atoms with E-state index in [9.17, 15) is 4.79 Å². The summed E-state index contributed by atoms with van der Waals surface area (Å²) in [6, 6.07) is 0.837. The van der Waals surface area contributed by atoms with E-state index in [1.807, 2.05) is 4.90 Å². The quantitative estimate of drug-likeness (QED) is 0.736. The van der Waals surface area contributed by atoms with E-state index in [0.29, 0.717) is 5.41 Å². The fourth-order valence-electron chi connectivity index (χ4n) is 3.59. The average molecular weight is 281 g/mol. The molecule has 0 aromatic carbocycles. The van der Waals surface area contributed by atoms with Gasteiger partial charge in [0, 0.05) is 31.1 Å². The van der Waals surface area contributed by atoms with E-state index in [4.69, 9.17) is 0 Å². The Morgan fingerprint density at radius 3 is 2.20 bits per heavy atom. The van der Waals surface area contributed by atoms with Crippen molar-refractivity contribution >= 4 is 6.41 Å². The molecule has 3 heterocycles. The summed E-state index contributed by atoms with van der Waals surface area (Å²) in [4.78, 5) is 17.4. The standard InChI is InChI=1S/C9H16N2O.C7H15N/c1-10-4-2-9(6-10)3-5-11(7-9)8-12;1-3-7(2)8-5-4-6-8/h8H,2-7H2,1H3;7H,3-6H2,1-2H3. The molecule has 3 rings (SSSR count). The van der Waals surface area contributed by atoms with Crippen LogP contribution in [0, 0.1) is 5.41 Å². The summed E-state index contributed by atoms with van der Waals surface area (Å²) in [7, 11) is 2.16. The Bertz CT molecular complexity index is 316. The van der Waals surface area contributed by atoms with E-state index in [0.717, 1.165) is 25.5 Å². The lowest BCUT2D eigenvalue weighted by Crippen LogP contribution is -2.43. The maximum Gasteiger partial charge on any atom is 0.209 e. The molecular weight excluding hydrogens is 250 g/mol. The van der Waals surface area contributed by atoms with Crippen LogP contribution in [0.2, 0.25) is 0 Å². The lowest BCUT2D eigenvalue weighted by molar-refractivity contribution is -0.117. The number of rotatable bonds is 3. The fraction of sp³-hybridized carbons (Fsp3) is 0.938. The number of amides is 1. The smallest absolute Gasteiger partial charge is 0.209 e. The second-order valence-corrected chi connectivity index (χ2v) is 6.96. The van der Waals surface area contributed by atoms with Crippen molar-refractivity contribution in [1.82, 2.24) is 14.7 Å². The number of likely N-dealkylation sites (tertiary alicyclic amines) is 3. The average Bonchev–Trinajstić information content (AvgIpc) is 2.95. The highest BCUT2D eigenvalue weighted by atomic mass is 16.1. The van der Waals surface area contributed by atoms with Crippen LogP contribution in [0.3, 0.4) is 0 Å². The maximum atomic E-state index is 10.5. The maximum absolute atomic E-state index is 10.5. The van der Waals surface area contributed by atoms with Gasteiger partial charge in [-0.3, -0.25) is 4.79 Å². The van der Waals surface area contributed by atoms with Crippen molar-refractivity contribution in [2.45, 2.75) is 45.6 Å². The number of hydrogen-bond donors (Lipinski definition) is 0. The molecule has 0 N–H and O–H groups in total. The molecule has 20 heavy (non-hydrogen) atoms. The van der Waals surface area contributed by atoms with E-state index >= 15 is 0 Å². The van der Waals surface area contributed by atoms with Gasteiger partial charge in [0.2, 0.25) is 6.41 Å². The van der Waals surface area contributed by atoms with Gasteiger partial charge in [-0.15, -0.1) is 0 Å². The third kappa shape index (κ3) is 3.73. The van der Waals surface area contributed by atoms with Crippen LogP contribution in [-0.4, -0.2) is 73.5 Å². The molecular formula is C16H31N3O. The van der Waals surface area contributed by atoms with Crippen LogP contribution in [0.1, 0.15) is 39.5 Å². The summed E-state index contributed by atoms with van der Waals surface area (Å²) in [5.41, 5.74) is 0.454. The summed E-state index contributed by atoms with van der Waals surface area (Å²) in [6.07, 6.45) is 6.20. The molecule has 0 aliphatic carbocycles. The highest BCUT2D eigenvalue weighted by Gasteiger charge is 2.41. The van der Waals surface area contributed by atoms with Crippen LogP contribution in [0.25, 0.3) is 0 Å². The van der Waals surface area contributed by atoms with Gasteiger partial charge in [0.05, 0.1) is 0 Å². The zero-order chi connectivity index (χ0) is 14.6. The molecule has 3 aliphatic heterocycles. The van der Waals surface area contributed by atoms with Gasteiger partial charge in [-0.05, 0) is 59.3 Å². The molecule has 116 valence electrons. The Morgan fingerprint density at radius 1 is 1.15 bits per heavy atom. The topological polar surface area (TPSA) is 26.8 Å². The minimum atomic E-state index is 0.454. The van der Waals surface area contributed by atoms with Crippen molar-refractivity contribution in [3.63, 3.8) is 0 Å². The third-order valence-electron chi connectivity index (χ3n) is 5.35. The first-order valence-electron chi connectivity index (χ1n) is 8.20. The van der Waals surface area contributed by atoms with Gasteiger partial charge in [-0.25, -0.2) is 0 Å². The van der Waals surface area contributed by atoms with Crippen LogP contribution in [-0.2, 0) is 4.79 Å². The first-order chi connectivity index (χ1) is 9.58. The molecule has 2 unspecified atom stereocenters. The zero-order valence-corrected chi connectivity index (χ0v) is 13.5. The zero-order valence-electron chi connectivity index (χ0n) is 13.5. The highest BCUT2D eigenvalue weighted by Crippen LogP contribution is 2.38. The number of nitrogens with zero attached hydrogens (tertiary/aromatic N) is 3. The predicted molar refractivity (Wildman–Crippen MR) is 82.7 cm³/mol. The van der Waals surface area contributed by atoms with Crippen LogP contribution in [0.15, 0.2) is 0 Å². The Kier molecular flexibility index (Phi) is 5.44. The molecule has 2 atom stereocenters. The summed E-state index contributed by atoms with van der Waals surface area (Å²) in [5.74, 6) is 0. The molecule has 4 nitrogen and oxygen atoms in total. The SMILES string of the molecule is CCC(C)N1CCC1.CN1CCC2(CCN(C=O)C2)C1. The van der Waals surface area contributed by atoms with E-state index in [-0.39, 0.29) is 0 Å². The van der Waals surface area contributed by atoms with Gasteiger partial charge in [-0.1, -0.05) is 6.92 Å². The summed E-state index contributed by atoms with van der Waals surface area (Å²) in [5, 5.41) is 0. The summed E-state index contributed by atoms with van der Waals surface area (Å²) >= 11 is 0. The molecule has 1 spiro atoms. The van der Waals surface area contributed by atoms with Crippen molar-refractivity contribution in [3.05, 3.63) is 0 Å². The second kappa shape index (κ2) is 6.90. The summed E-state index contributed by atoms with van der Waals surface area (Å²) < 4.78 is 0. The Morgan fingerprint density at radius 2 is 1.85 bits per heavy atom. The molecule has 0 saturated carbocycles. The van der Waals surface area contributed by atoms with Gasteiger partial charge in [0.15, 0.2) is 0 Å². The van der Waals surface area contributed by atoms with E-state index in [1.165, 1.54) is 51.9 Å². The number of hydrogen-bond acceptors (Lipinski definition) is 3. The molecule has 4 heteroatoms. The Labute approximate surface area is 124 Å². The highest BCUT2D eigenvalue weighted by molar-refractivity contribution is 5.48. The molecule has 0 aromatic heterocycles. The molecule has 3 saturated heterocycles. The Balaban J connectivity index is 0.000000160. The van der Waals surface area contributed by atoms with Gasteiger partial charge in [-0.2, -0.15) is 0 Å². The van der Waals surface area contributed by atoms with Crippen LogP contribution < -0.4 is 0 Å². The van der Waals surface area contributed by atoms with Gasteiger partial charge >= 0.3 is 0 Å². The molecule has 0 bridgehead atoms. The lowest BCUT2D eigenvalue weighted by atomic mass is 9.86. The third-order valence-corrected chi connectivity index (χ3v) is 5.35. The van der Waals surface area contributed by atoms with Gasteiger partial charge in [0.25, 0.3) is 0 Å². The van der Waals surface area contributed by atoms with Crippen molar-refractivity contribution in [2.24, 2.45) is 5.41 Å². The van der Waals surface area contributed by atoms with E-state index < -0.39 is 0 Å². The first kappa shape index (κ1) is 15.8. The largest absolute Gasteiger partial charge is 0.345 e. The predicted octanol–water partition coefficient (Wildman–Crippen LogP) is 1.66. The van der Waals surface area contributed by atoms with Crippen molar-refractivity contribution in [2.75, 3.05) is 46.3 Å². The Hall–Kier alpha value is -0.610. The molecule has 0 radical (unpaired) electrons.